The summed E-state index contributed by atoms with van der Waals surface area (Å²) in [5.74, 6) is 0. The first kappa shape index (κ1) is 51.9. The molecule has 0 aromatic rings. The fraction of sp³-hybridized carbons (Fsp3) is 1.00. The quantitative estimate of drug-likeness (QED) is 0.0462. The summed E-state index contributed by atoms with van der Waals surface area (Å²) in [6.07, 6.45) is 44.2. The molecule has 0 heterocycles. The Bertz CT molecular complexity index is 552. The Morgan fingerprint density at radius 1 is 0.231 bits per heavy atom. The van der Waals surface area contributed by atoms with Crippen LogP contribution in [0.2, 0.25) is 0 Å². The molecule has 0 aromatic heterocycles. The molecule has 4 heteroatoms. The van der Waals surface area contributed by atoms with Crippen molar-refractivity contribution in [2.75, 3.05) is 0 Å². The Labute approximate surface area is 330 Å². The molecule has 0 spiro atoms. The maximum atomic E-state index is 7.78. The first-order chi connectivity index (χ1) is 25.3. The maximum Gasteiger partial charge on any atom is 0.640 e. The molecular weight excluding hydrogens is 635 g/mol. The van der Waals surface area contributed by atoms with Crippen LogP contribution in [0.15, 0.2) is 0 Å². The second-order valence-corrected chi connectivity index (χ2v) is 17.3. The van der Waals surface area contributed by atoms with Crippen LogP contribution in [-0.4, -0.2) is 24.1 Å². The molecule has 0 aliphatic rings. The van der Waals surface area contributed by atoms with Crippen molar-refractivity contribution < 1.29 is 14.0 Å². The second kappa shape index (κ2) is 35.4. The van der Waals surface area contributed by atoms with Crippen LogP contribution in [0, 0.1) is 0 Å². The monoisotopic (exact) mass is 735 g/mol. The Morgan fingerprint density at radius 3 is 0.481 bits per heavy atom. The fourth-order valence-corrected chi connectivity index (χ4v) is 8.61. The highest BCUT2D eigenvalue weighted by Crippen LogP contribution is 2.41. The predicted octanol–water partition coefficient (Wildman–Crippen LogP) is 17.5. The molecule has 3 nitrogen and oxygen atoms in total. The van der Waals surface area contributed by atoms with Gasteiger partial charge < -0.3 is 14.0 Å². The summed E-state index contributed by atoms with van der Waals surface area (Å²) in [6.45, 7) is 21.1. The van der Waals surface area contributed by atoms with E-state index < -0.39 is 7.32 Å². The Balaban J connectivity index is 7.40. The number of hydrogen-bond acceptors (Lipinski definition) is 3. The van der Waals surface area contributed by atoms with Gasteiger partial charge in [-0.1, -0.05) is 236 Å². The van der Waals surface area contributed by atoms with Crippen LogP contribution in [0.4, 0.5) is 0 Å². The van der Waals surface area contributed by atoms with Gasteiger partial charge in [-0.3, -0.25) is 0 Å². The molecule has 0 saturated carbocycles. The van der Waals surface area contributed by atoms with Crippen molar-refractivity contribution in [3.8, 4) is 0 Å². The van der Waals surface area contributed by atoms with Gasteiger partial charge in [-0.25, -0.2) is 0 Å². The molecule has 52 heavy (non-hydrogen) atoms. The van der Waals surface area contributed by atoms with Gasteiger partial charge in [0, 0.05) is 0 Å². The summed E-state index contributed by atoms with van der Waals surface area (Å²) in [5.41, 5.74) is -0.517. The lowest BCUT2D eigenvalue weighted by atomic mass is 9.80. The van der Waals surface area contributed by atoms with Gasteiger partial charge in [0.2, 0.25) is 0 Å². The highest BCUT2D eigenvalue weighted by atomic mass is 16.8. The third-order valence-corrected chi connectivity index (χ3v) is 12.2. The van der Waals surface area contributed by atoms with Crippen molar-refractivity contribution in [3.63, 3.8) is 0 Å². The van der Waals surface area contributed by atoms with Gasteiger partial charge in [-0.05, 0) is 57.8 Å². The summed E-state index contributed by atoms with van der Waals surface area (Å²) < 4.78 is 23.3. The average molecular weight is 735 g/mol. The average Bonchev–Trinajstić information content (AvgIpc) is 3.12. The minimum atomic E-state index is -0.584. The lowest BCUT2D eigenvalue weighted by molar-refractivity contribution is -0.112. The zero-order valence-electron chi connectivity index (χ0n) is 37.8. The second-order valence-electron chi connectivity index (χ2n) is 17.3. The van der Waals surface area contributed by atoms with Crippen LogP contribution in [0.1, 0.15) is 293 Å². The number of unbranched alkanes of at least 4 members (excludes halogenated alkanes) is 18. The lowest BCUT2D eigenvalue weighted by Crippen LogP contribution is -2.52. The number of rotatable bonds is 42. The molecule has 0 amide bonds. The molecule has 0 fully saturated rings. The van der Waals surface area contributed by atoms with E-state index in [0.717, 1.165) is 57.8 Å². The fourth-order valence-electron chi connectivity index (χ4n) is 8.61. The minimum Gasteiger partial charge on any atom is -0.380 e. The highest BCUT2D eigenvalue weighted by Gasteiger charge is 2.46. The van der Waals surface area contributed by atoms with Gasteiger partial charge in [0.05, 0.1) is 16.8 Å². The van der Waals surface area contributed by atoms with Gasteiger partial charge in [0.25, 0.3) is 0 Å². The molecule has 0 N–H and O–H groups in total. The van der Waals surface area contributed by atoms with Crippen molar-refractivity contribution in [2.45, 2.75) is 310 Å². The molecule has 0 radical (unpaired) electrons. The van der Waals surface area contributed by atoms with Gasteiger partial charge >= 0.3 is 7.32 Å². The number of hydrogen-bond donors (Lipinski definition) is 0. The summed E-state index contributed by atoms with van der Waals surface area (Å²) >= 11 is 0. The van der Waals surface area contributed by atoms with E-state index in [1.54, 1.807) is 0 Å². The molecule has 0 saturated heterocycles. The molecule has 0 atom stereocenters. The Hall–Kier alpha value is -0.0551. The van der Waals surface area contributed by atoms with Crippen molar-refractivity contribution >= 4 is 7.32 Å². The van der Waals surface area contributed by atoms with Crippen molar-refractivity contribution in [1.29, 1.82) is 0 Å². The molecule has 0 aliphatic carbocycles. The zero-order chi connectivity index (χ0) is 38.7. The normalized spacial score (nSPS) is 12.6. The van der Waals surface area contributed by atoms with E-state index in [-0.39, 0.29) is 16.8 Å². The minimum absolute atomic E-state index is 0.172. The third kappa shape index (κ3) is 25.2. The van der Waals surface area contributed by atoms with Crippen LogP contribution in [0.25, 0.3) is 0 Å². The standard InChI is InChI=1S/C48H99BO3/c1-10-19-28-37-46(38-29-20-11-2,39-30-21-12-3)50-49(51-47(40-31-22-13-4,41-32-23-14-5)42-33-24-15-6)52-48(43-34-25-16-7,44-35-26-17-8)45-36-27-18-9/h10-45H2,1-9H3. The lowest BCUT2D eigenvalue weighted by Gasteiger charge is -2.45. The SMILES string of the molecule is CCCCCC(CCCCC)(CCCCC)OB(OC(CCCCC)(CCCCC)CCCCC)OC(CCCCC)(CCCCC)CCCCC. The van der Waals surface area contributed by atoms with Crippen molar-refractivity contribution in [1.82, 2.24) is 0 Å². The van der Waals surface area contributed by atoms with Crippen molar-refractivity contribution in [3.05, 3.63) is 0 Å². The van der Waals surface area contributed by atoms with Crippen molar-refractivity contribution in [2.24, 2.45) is 0 Å². The van der Waals surface area contributed by atoms with Gasteiger partial charge in [0.1, 0.15) is 0 Å². The third-order valence-electron chi connectivity index (χ3n) is 12.2. The Kier molecular flexibility index (Phi) is 35.3. The van der Waals surface area contributed by atoms with Crippen LogP contribution in [-0.2, 0) is 14.0 Å². The molecule has 0 bridgehead atoms. The molecule has 0 aromatic carbocycles. The summed E-state index contributed by atoms with van der Waals surface area (Å²) in [4.78, 5) is 0. The molecule has 312 valence electrons. The summed E-state index contributed by atoms with van der Waals surface area (Å²) in [6, 6.07) is 0. The first-order valence-corrected chi connectivity index (χ1v) is 24.4. The van der Waals surface area contributed by atoms with E-state index >= 15 is 0 Å². The van der Waals surface area contributed by atoms with Crippen LogP contribution in [0.3, 0.4) is 0 Å². The topological polar surface area (TPSA) is 27.7 Å². The molecule has 0 rings (SSSR count). The van der Waals surface area contributed by atoms with E-state index in [1.165, 1.54) is 173 Å². The summed E-state index contributed by atoms with van der Waals surface area (Å²) in [5, 5.41) is 0. The van der Waals surface area contributed by atoms with Crippen LogP contribution >= 0.6 is 0 Å². The zero-order valence-corrected chi connectivity index (χ0v) is 37.8. The first-order valence-electron chi connectivity index (χ1n) is 24.4. The largest absolute Gasteiger partial charge is 0.640 e. The maximum absolute atomic E-state index is 7.78. The van der Waals surface area contributed by atoms with E-state index in [1.807, 2.05) is 0 Å². The van der Waals surface area contributed by atoms with E-state index in [0.29, 0.717) is 0 Å². The van der Waals surface area contributed by atoms with Crippen LogP contribution < -0.4 is 0 Å². The smallest absolute Gasteiger partial charge is 0.380 e. The van der Waals surface area contributed by atoms with Gasteiger partial charge in [-0.2, -0.15) is 0 Å². The molecule has 0 aliphatic heterocycles. The predicted molar refractivity (Wildman–Crippen MR) is 234 cm³/mol. The van der Waals surface area contributed by atoms with E-state index in [4.69, 9.17) is 14.0 Å². The molecular formula is C48H99BO3. The Morgan fingerprint density at radius 2 is 0.365 bits per heavy atom. The van der Waals surface area contributed by atoms with Gasteiger partial charge in [-0.15, -0.1) is 0 Å². The molecule has 0 unspecified atom stereocenters. The highest BCUT2D eigenvalue weighted by molar-refractivity contribution is 6.37. The van der Waals surface area contributed by atoms with Crippen LogP contribution in [0.5, 0.6) is 0 Å². The van der Waals surface area contributed by atoms with E-state index in [2.05, 4.69) is 62.3 Å². The van der Waals surface area contributed by atoms with Gasteiger partial charge in [0.15, 0.2) is 0 Å². The van der Waals surface area contributed by atoms with E-state index in [9.17, 15) is 0 Å². The summed E-state index contributed by atoms with van der Waals surface area (Å²) in [7, 11) is -0.584.